The third kappa shape index (κ3) is 16.7. The van der Waals surface area contributed by atoms with E-state index in [0.717, 1.165) is 123 Å². The van der Waals surface area contributed by atoms with Crippen LogP contribution in [0.1, 0.15) is 35.6 Å². The second-order valence-corrected chi connectivity index (χ2v) is 18.3. The molecule has 0 spiro atoms. The topological polar surface area (TPSA) is 45.3 Å². The van der Waals surface area contributed by atoms with Gasteiger partial charge in [0.05, 0.1) is 0 Å². The molecule has 0 radical (unpaired) electrons. The van der Waals surface area contributed by atoms with Crippen molar-refractivity contribution >= 4 is 17.3 Å². The van der Waals surface area contributed by atoms with Crippen molar-refractivity contribution in [3.8, 4) is 0 Å². The van der Waals surface area contributed by atoms with E-state index in [0.29, 0.717) is 18.3 Å². The first-order chi connectivity index (χ1) is 32.6. The molecule has 2 aliphatic rings. The molecule has 6 aromatic carbocycles. The van der Waals surface area contributed by atoms with E-state index in [1.165, 1.54) is 27.9 Å². The molecule has 346 valence electrons. The van der Waals surface area contributed by atoms with Crippen molar-refractivity contribution < 1.29 is 4.79 Å². The van der Waals surface area contributed by atoms with E-state index in [-0.39, 0.29) is 5.91 Å². The summed E-state index contributed by atoms with van der Waals surface area (Å²) < 4.78 is 0. The monoisotopic (exact) mass is 883 g/mol. The Kier molecular flexibility index (Phi) is 19.9. The molecule has 2 fully saturated rings. The normalized spacial score (nSPS) is 15.8. The zero-order chi connectivity index (χ0) is 45.4. The van der Waals surface area contributed by atoms with Crippen LogP contribution in [0.3, 0.4) is 0 Å². The Morgan fingerprint density at radius 2 is 0.773 bits per heavy atom. The van der Waals surface area contributed by atoms with Crippen LogP contribution in [0.5, 0.6) is 0 Å². The molecule has 0 aliphatic carbocycles. The number of nitrogens with one attached hydrogen (secondary N) is 1. The summed E-state index contributed by atoms with van der Waals surface area (Å²) in [5.74, 6) is 1.22. The smallest absolute Gasteiger partial charge is 0.226 e. The number of nitrogens with zero attached hydrogens (tertiary/aromatic N) is 5. The van der Waals surface area contributed by atoms with Gasteiger partial charge in [0.1, 0.15) is 0 Å². The Labute approximate surface area is 397 Å². The summed E-state index contributed by atoms with van der Waals surface area (Å²) >= 11 is 0. The van der Waals surface area contributed by atoms with Gasteiger partial charge in [-0.3, -0.25) is 4.79 Å². The molecule has 2 aliphatic heterocycles. The third-order valence-electron chi connectivity index (χ3n) is 13.2. The molecule has 0 saturated carbocycles. The molecule has 0 unspecified atom stereocenters. The molecule has 7 nitrogen and oxygen atoms in total. The molecule has 2 heterocycles. The lowest BCUT2D eigenvalue weighted by molar-refractivity contribution is -0.118. The lowest BCUT2D eigenvalue weighted by Crippen LogP contribution is -2.42. The number of hydrogen-bond donors (Lipinski definition) is 1. The van der Waals surface area contributed by atoms with Gasteiger partial charge in [0, 0.05) is 121 Å². The SMILES string of the molecule is CCC(=O)N(CC1CN(CCc2ccccc2)CCN(CCc2ccccc2)C1)c1ccccc1.c1ccc(CCN2CCN(CCc3ccccc3)CC(CNc3ccccc3)C2)cc1. The number of hydrogen-bond acceptors (Lipinski definition) is 6. The first kappa shape index (κ1) is 48.4. The lowest BCUT2D eigenvalue weighted by Gasteiger charge is -2.31. The van der Waals surface area contributed by atoms with Gasteiger partial charge in [-0.25, -0.2) is 0 Å². The second-order valence-electron chi connectivity index (χ2n) is 18.3. The van der Waals surface area contributed by atoms with E-state index in [4.69, 9.17) is 0 Å². The Morgan fingerprint density at radius 3 is 1.12 bits per heavy atom. The molecule has 1 N–H and O–H groups in total. The zero-order valence-corrected chi connectivity index (χ0v) is 39.6. The molecule has 6 aromatic rings. The van der Waals surface area contributed by atoms with E-state index in [1.54, 1.807) is 0 Å². The second kappa shape index (κ2) is 27.2. The van der Waals surface area contributed by atoms with Crippen molar-refractivity contribution in [2.75, 3.05) is 102 Å². The molecule has 0 bridgehead atoms. The average Bonchev–Trinajstić information content (AvgIpc) is 3.72. The summed E-state index contributed by atoms with van der Waals surface area (Å²) in [6, 6.07) is 64.1. The summed E-state index contributed by atoms with van der Waals surface area (Å²) in [5.41, 5.74) is 7.88. The van der Waals surface area contributed by atoms with E-state index < -0.39 is 0 Å². The largest absolute Gasteiger partial charge is 0.385 e. The van der Waals surface area contributed by atoms with E-state index in [1.807, 2.05) is 30.0 Å². The van der Waals surface area contributed by atoms with Gasteiger partial charge in [0.2, 0.25) is 5.91 Å². The summed E-state index contributed by atoms with van der Waals surface area (Å²) in [5, 5.41) is 3.68. The van der Waals surface area contributed by atoms with Gasteiger partial charge in [-0.1, -0.05) is 165 Å². The molecule has 0 aromatic heterocycles. The van der Waals surface area contributed by atoms with Gasteiger partial charge in [-0.2, -0.15) is 0 Å². The van der Waals surface area contributed by atoms with Crippen LogP contribution in [0.15, 0.2) is 182 Å². The maximum atomic E-state index is 13.0. The number of anilines is 2. The van der Waals surface area contributed by atoms with Crippen molar-refractivity contribution in [3.05, 3.63) is 204 Å². The van der Waals surface area contributed by atoms with Crippen molar-refractivity contribution in [2.24, 2.45) is 11.8 Å². The van der Waals surface area contributed by atoms with E-state index >= 15 is 0 Å². The Morgan fingerprint density at radius 1 is 0.455 bits per heavy atom. The average molecular weight is 883 g/mol. The minimum atomic E-state index is 0.201. The predicted octanol–water partition coefficient (Wildman–Crippen LogP) is 9.97. The number of carbonyl (C=O) groups excluding carboxylic acids is 1. The quantitative estimate of drug-likeness (QED) is 0.0875. The first-order valence-corrected chi connectivity index (χ1v) is 24.8. The van der Waals surface area contributed by atoms with Crippen LogP contribution in [0.2, 0.25) is 0 Å². The highest BCUT2D eigenvalue weighted by molar-refractivity contribution is 5.93. The van der Waals surface area contributed by atoms with Crippen LogP contribution in [0.25, 0.3) is 0 Å². The fraction of sp³-hybridized carbons (Fsp3) is 0.373. The van der Waals surface area contributed by atoms with Crippen molar-refractivity contribution in [1.82, 2.24) is 19.6 Å². The predicted molar refractivity (Wildman–Crippen MR) is 277 cm³/mol. The van der Waals surface area contributed by atoms with Gasteiger partial charge in [-0.15, -0.1) is 0 Å². The minimum absolute atomic E-state index is 0.201. The van der Waals surface area contributed by atoms with Crippen LogP contribution >= 0.6 is 0 Å². The summed E-state index contributed by atoms with van der Waals surface area (Å²) in [7, 11) is 0. The van der Waals surface area contributed by atoms with Gasteiger partial charge in [0.25, 0.3) is 0 Å². The highest BCUT2D eigenvalue weighted by Crippen LogP contribution is 2.21. The number of benzene rings is 6. The molecule has 66 heavy (non-hydrogen) atoms. The van der Waals surface area contributed by atoms with Gasteiger partial charge in [0.15, 0.2) is 0 Å². The van der Waals surface area contributed by atoms with Gasteiger partial charge in [-0.05, 0) is 72.2 Å². The molecular formula is C59H74N6O. The number of amides is 1. The third-order valence-corrected chi connectivity index (χ3v) is 13.2. The maximum absolute atomic E-state index is 13.0. The highest BCUT2D eigenvalue weighted by Gasteiger charge is 2.27. The Hall–Kier alpha value is -5.57. The number of para-hydroxylation sites is 2. The highest BCUT2D eigenvalue weighted by atomic mass is 16.2. The van der Waals surface area contributed by atoms with Crippen molar-refractivity contribution in [3.63, 3.8) is 0 Å². The van der Waals surface area contributed by atoms with Crippen molar-refractivity contribution in [1.29, 1.82) is 0 Å². The number of carbonyl (C=O) groups is 1. The molecule has 7 heteroatoms. The fourth-order valence-electron chi connectivity index (χ4n) is 9.52. The van der Waals surface area contributed by atoms with Crippen molar-refractivity contribution in [2.45, 2.75) is 39.0 Å². The van der Waals surface area contributed by atoms with E-state index in [9.17, 15) is 4.79 Å². The lowest BCUT2D eigenvalue weighted by atomic mass is 10.1. The summed E-state index contributed by atoms with van der Waals surface area (Å²) in [4.78, 5) is 25.5. The molecule has 8 rings (SSSR count). The summed E-state index contributed by atoms with van der Waals surface area (Å²) in [6.07, 6.45) is 4.91. The van der Waals surface area contributed by atoms with Gasteiger partial charge >= 0.3 is 0 Å². The molecule has 1 amide bonds. The first-order valence-electron chi connectivity index (χ1n) is 24.8. The Balaban J connectivity index is 0.000000198. The zero-order valence-electron chi connectivity index (χ0n) is 39.6. The minimum Gasteiger partial charge on any atom is -0.385 e. The van der Waals surface area contributed by atoms with Crippen LogP contribution in [0.4, 0.5) is 11.4 Å². The van der Waals surface area contributed by atoms with Crippen LogP contribution < -0.4 is 10.2 Å². The molecule has 2 saturated heterocycles. The molecular weight excluding hydrogens is 809 g/mol. The van der Waals surface area contributed by atoms with Gasteiger partial charge < -0.3 is 29.8 Å². The molecule has 0 atom stereocenters. The number of rotatable bonds is 19. The standard InChI is InChI=1S/C31H39N3O.C28H35N3/c1-2-31(35)34(30-16-10-5-11-17-30)26-29-24-32(20-18-27-12-6-3-7-13-27)22-23-33(25-29)21-19-28-14-8-4-9-15-28;1-4-10-25(11-5-1)16-18-30-20-21-31(19-17-26-12-6-2-7-13-26)24-27(23-30)22-29-28-14-8-3-9-15-28/h3-17,29H,2,18-26H2,1H3;1-15,27,29H,16-24H2. The van der Waals surface area contributed by atoms with Crippen LogP contribution in [0, 0.1) is 11.8 Å². The Bertz CT molecular complexity index is 2090. The summed E-state index contributed by atoms with van der Waals surface area (Å²) in [6.45, 7) is 17.0. The van der Waals surface area contributed by atoms with Crippen LogP contribution in [-0.2, 0) is 30.5 Å². The maximum Gasteiger partial charge on any atom is 0.226 e. The fourth-order valence-corrected chi connectivity index (χ4v) is 9.52. The van der Waals surface area contributed by atoms with Crippen LogP contribution in [-0.4, -0.2) is 117 Å². The van der Waals surface area contributed by atoms with E-state index in [2.05, 4.69) is 189 Å².